The fourth-order valence-electron chi connectivity index (χ4n) is 0. The Morgan fingerprint density at radius 2 is 0.818 bits per heavy atom. The van der Waals surface area contributed by atoms with Crippen LogP contribution in [0.4, 0.5) is 7.77 Å². The third-order valence-electron chi connectivity index (χ3n) is 0. The Kier molecular flexibility index (Phi) is 11.0. The SMILES string of the molecule is O=S(=O)([O-])F.O=S(=O)([O-])F.[Yb+2]. The van der Waals surface area contributed by atoms with E-state index in [0.717, 1.165) is 0 Å². The van der Waals surface area contributed by atoms with Crippen molar-refractivity contribution in [3.05, 3.63) is 0 Å². The van der Waals surface area contributed by atoms with Gasteiger partial charge in [-0.1, -0.05) is 0 Å². The predicted molar refractivity (Wildman–Crippen MR) is 21.6 cm³/mol. The minimum absolute atomic E-state index is 0. The molecule has 0 radical (unpaired) electrons. The summed E-state index contributed by atoms with van der Waals surface area (Å²) in [4.78, 5) is 0. The number of rotatable bonds is 0. The molecule has 11 heavy (non-hydrogen) atoms. The second-order valence-electron chi connectivity index (χ2n) is 0.786. The molecule has 0 aliphatic rings. The van der Waals surface area contributed by atoms with Gasteiger partial charge in [0.2, 0.25) is 0 Å². The van der Waals surface area contributed by atoms with E-state index in [9.17, 15) is 7.77 Å². The summed E-state index contributed by atoms with van der Waals surface area (Å²) in [5, 5.41) is 0. The monoisotopic (exact) mass is 372 g/mol. The topological polar surface area (TPSA) is 114 Å². The van der Waals surface area contributed by atoms with Crippen molar-refractivity contribution >= 4 is 21.0 Å². The van der Waals surface area contributed by atoms with Gasteiger partial charge >= 0.3 is 46.9 Å². The van der Waals surface area contributed by atoms with E-state index in [1.807, 2.05) is 0 Å². The van der Waals surface area contributed by atoms with Gasteiger partial charge in [0.25, 0.3) is 21.0 Å². The van der Waals surface area contributed by atoms with Crippen molar-refractivity contribution in [2.24, 2.45) is 0 Å². The van der Waals surface area contributed by atoms with Crippen LogP contribution in [-0.2, 0) is 21.0 Å². The molecule has 76 valence electrons. The molecule has 6 nitrogen and oxygen atoms in total. The first-order valence-corrected chi connectivity index (χ1v) is 3.93. The fourth-order valence-corrected chi connectivity index (χ4v) is 0. The molecule has 0 aliphatic heterocycles. The van der Waals surface area contributed by atoms with Crippen molar-refractivity contribution in [2.75, 3.05) is 0 Å². The van der Waals surface area contributed by atoms with Gasteiger partial charge in [0.05, 0.1) is 0 Å². The molecule has 0 rings (SSSR count). The molecule has 0 unspecified atom stereocenters. The molecule has 11 heteroatoms. The van der Waals surface area contributed by atoms with Crippen LogP contribution in [0.25, 0.3) is 0 Å². The second-order valence-corrected chi connectivity index (χ2v) is 2.36. The molecule has 0 fully saturated rings. The molecule has 0 N–H and O–H groups in total. The first kappa shape index (κ1) is 18.1. The van der Waals surface area contributed by atoms with Crippen LogP contribution >= 0.6 is 0 Å². The molecule has 0 atom stereocenters. The third-order valence-corrected chi connectivity index (χ3v) is 0. The Hall–Kier alpha value is 1.20. The molecule has 0 spiro atoms. The summed E-state index contributed by atoms with van der Waals surface area (Å²) in [6.07, 6.45) is 0. The zero-order chi connectivity index (χ0) is 9.00. The first-order chi connectivity index (χ1) is 4.00. The van der Waals surface area contributed by atoms with Crippen LogP contribution in [-0.4, -0.2) is 25.9 Å². The largest absolute Gasteiger partial charge is 2.00 e. The Labute approximate surface area is 100 Å². The van der Waals surface area contributed by atoms with Crippen molar-refractivity contribution in [3.63, 3.8) is 0 Å². The molecule has 0 heterocycles. The van der Waals surface area contributed by atoms with Gasteiger partial charge in [-0.25, -0.2) is 16.8 Å². The van der Waals surface area contributed by atoms with Crippen LogP contribution in [0.2, 0.25) is 0 Å². The molecule has 0 saturated heterocycles. The quantitative estimate of drug-likeness (QED) is 0.392. The summed E-state index contributed by atoms with van der Waals surface area (Å²) < 4.78 is 70.7. The minimum Gasteiger partial charge on any atom is -0.722 e. The van der Waals surface area contributed by atoms with Crippen LogP contribution in [0.1, 0.15) is 0 Å². The summed E-state index contributed by atoms with van der Waals surface area (Å²) in [6, 6.07) is 0. The zero-order valence-corrected chi connectivity index (χ0v) is 7.64. The molecule has 0 amide bonds. The normalized spacial score (nSPS) is 10.5. The van der Waals surface area contributed by atoms with Crippen molar-refractivity contribution in [1.29, 1.82) is 0 Å². The smallest absolute Gasteiger partial charge is 0.722 e. The van der Waals surface area contributed by atoms with E-state index in [1.165, 1.54) is 0 Å². The summed E-state index contributed by atoms with van der Waals surface area (Å²) in [5.74, 6) is 0. The maximum atomic E-state index is 10.1. The zero-order valence-electron chi connectivity index (χ0n) is 4.29. The van der Waals surface area contributed by atoms with E-state index in [0.29, 0.717) is 0 Å². The van der Waals surface area contributed by atoms with Crippen molar-refractivity contribution < 1.29 is 80.6 Å². The average Bonchev–Trinajstić information content (AvgIpc) is 1.12. The number of hydrogen-bond acceptors (Lipinski definition) is 6. The van der Waals surface area contributed by atoms with Crippen LogP contribution in [0.5, 0.6) is 0 Å². The maximum Gasteiger partial charge on any atom is 2.00 e. The number of halogens is 2. The molecule has 0 aromatic heterocycles. The molecular weight excluding hydrogens is 371 g/mol. The van der Waals surface area contributed by atoms with Gasteiger partial charge in [0.1, 0.15) is 0 Å². The van der Waals surface area contributed by atoms with Crippen LogP contribution in [0.3, 0.4) is 0 Å². The number of hydrogen-bond donors (Lipinski definition) is 0. The Bertz CT molecular complexity index is 215. The van der Waals surface area contributed by atoms with E-state index >= 15 is 0 Å². The average molecular weight is 371 g/mol. The van der Waals surface area contributed by atoms with Gasteiger partial charge in [-0.05, 0) is 0 Å². The molecule has 0 bridgehead atoms. The van der Waals surface area contributed by atoms with E-state index < -0.39 is 21.0 Å². The van der Waals surface area contributed by atoms with Crippen LogP contribution in [0, 0.1) is 46.9 Å². The summed E-state index contributed by atoms with van der Waals surface area (Å²) in [6.45, 7) is 0. The maximum absolute atomic E-state index is 10.1. The van der Waals surface area contributed by atoms with Gasteiger partial charge in [-0.2, -0.15) is 0 Å². The van der Waals surface area contributed by atoms with Gasteiger partial charge in [0.15, 0.2) is 0 Å². The van der Waals surface area contributed by atoms with Crippen LogP contribution in [0.15, 0.2) is 0 Å². The van der Waals surface area contributed by atoms with Gasteiger partial charge in [-0.3, -0.25) is 0 Å². The summed E-state index contributed by atoms with van der Waals surface area (Å²) in [7, 11) is -10.8. The second kappa shape index (κ2) is 6.69. The van der Waals surface area contributed by atoms with Crippen molar-refractivity contribution in [1.82, 2.24) is 0 Å². The summed E-state index contributed by atoms with van der Waals surface area (Å²) in [5.41, 5.74) is 0. The first-order valence-electron chi connectivity index (χ1n) is 1.31. The predicted octanol–water partition coefficient (Wildman–Crippen LogP) is -1.17. The van der Waals surface area contributed by atoms with E-state index in [2.05, 4.69) is 0 Å². The molecule has 0 saturated carbocycles. The van der Waals surface area contributed by atoms with Gasteiger partial charge in [-0.15, -0.1) is 7.77 Å². The van der Waals surface area contributed by atoms with Gasteiger partial charge < -0.3 is 9.11 Å². The molecule has 0 aliphatic carbocycles. The molecule has 0 aromatic rings. The van der Waals surface area contributed by atoms with Crippen LogP contribution < -0.4 is 0 Å². The van der Waals surface area contributed by atoms with Crippen molar-refractivity contribution in [2.45, 2.75) is 0 Å². The fraction of sp³-hybridized carbons (Fsp3) is 0. The third kappa shape index (κ3) is 659. The molecule has 0 aromatic carbocycles. The van der Waals surface area contributed by atoms with E-state index in [-0.39, 0.29) is 46.9 Å². The van der Waals surface area contributed by atoms with E-state index in [4.69, 9.17) is 25.9 Å². The summed E-state index contributed by atoms with van der Waals surface area (Å²) >= 11 is 0. The standard InChI is InChI=1S/2FHO3S.Yb/c2*1-5(2,3)4;/h2*(H,2,3,4);/q;;+2/p-2. The minimum atomic E-state index is -5.42. The Morgan fingerprint density at radius 3 is 0.818 bits per heavy atom. The Morgan fingerprint density at radius 1 is 0.818 bits per heavy atom. The molecular formula is F2O6S2Yb. The Balaban J connectivity index is -0.000000107. The van der Waals surface area contributed by atoms with E-state index in [1.54, 1.807) is 0 Å². The van der Waals surface area contributed by atoms with Crippen molar-refractivity contribution in [3.8, 4) is 0 Å². The van der Waals surface area contributed by atoms with Gasteiger partial charge in [0, 0.05) is 0 Å².